The smallest absolute Gasteiger partial charge is 0.222 e. The van der Waals surface area contributed by atoms with E-state index in [1.54, 1.807) is 0 Å². The van der Waals surface area contributed by atoms with Gasteiger partial charge < -0.3 is 10.6 Å². The van der Waals surface area contributed by atoms with Crippen molar-refractivity contribution in [3.63, 3.8) is 0 Å². The second-order valence-corrected chi connectivity index (χ2v) is 4.67. The van der Waals surface area contributed by atoms with Gasteiger partial charge in [-0.2, -0.15) is 0 Å². The Morgan fingerprint density at radius 2 is 2.36 bits per heavy atom. The van der Waals surface area contributed by atoms with Crippen LogP contribution in [0.4, 0.5) is 0 Å². The van der Waals surface area contributed by atoms with Gasteiger partial charge in [-0.1, -0.05) is 13.3 Å². The number of carbonyl (C=O) groups is 1. The lowest BCUT2D eigenvalue weighted by Crippen LogP contribution is -2.42. The summed E-state index contributed by atoms with van der Waals surface area (Å²) in [6, 6.07) is 0.458. The Hall–Kier alpha value is -0.570. The third kappa shape index (κ3) is 1.26. The van der Waals surface area contributed by atoms with Gasteiger partial charge in [0, 0.05) is 24.4 Å². The maximum absolute atomic E-state index is 11.7. The first-order valence-electron chi connectivity index (χ1n) is 5.73. The molecule has 2 atom stereocenters. The fourth-order valence-electron chi connectivity index (χ4n) is 3.24. The molecule has 0 unspecified atom stereocenters. The Balaban J connectivity index is 2.15. The number of nitrogens with zero attached hydrogens (tertiary/aromatic N) is 1. The molecule has 0 aromatic rings. The van der Waals surface area contributed by atoms with Crippen LogP contribution in [0.2, 0.25) is 0 Å². The SMILES string of the molecule is CCC(=O)N1CC[C@@]2(CN)CCC[C@@H]12. The third-order valence-electron chi connectivity index (χ3n) is 4.12. The molecule has 2 rings (SSSR count). The van der Waals surface area contributed by atoms with Crippen molar-refractivity contribution in [2.75, 3.05) is 13.1 Å². The first-order chi connectivity index (χ1) is 6.73. The molecule has 0 aromatic heterocycles. The Kier molecular flexibility index (Phi) is 2.52. The number of carbonyl (C=O) groups excluding carboxylic acids is 1. The summed E-state index contributed by atoms with van der Waals surface area (Å²) in [5, 5.41) is 0. The van der Waals surface area contributed by atoms with E-state index in [-0.39, 0.29) is 5.41 Å². The van der Waals surface area contributed by atoms with E-state index >= 15 is 0 Å². The summed E-state index contributed by atoms with van der Waals surface area (Å²) in [6.07, 6.45) is 5.40. The molecule has 3 heteroatoms. The standard InChI is InChI=1S/C11H20N2O/c1-2-10(14)13-7-6-11(8-12)5-3-4-9(11)13/h9H,2-8,12H2,1H3/t9-,11-/m1/s1. The van der Waals surface area contributed by atoms with E-state index in [2.05, 4.69) is 4.90 Å². The molecule has 80 valence electrons. The second kappa shape index (κ2) is 3.54. The molecule has 1 aliphatic carbocycles. The van der Waals surface area contributed by atoms with Crippen molar-refractivity contribution < 1.29 is 4.79 Å². The van der Waals surface area contributed by atoms with E-state index in [9.17, 15) is 4.79 Å². The minimum atomic E-state index is 0.283. The minimum absolute atomic E-state index is 0.283. The van der Waals surface area contributed by atoms with Crippen LogP contribution in [0.5, 0.6) is 0 Å². The molecular weight excluding hydrogens is 176 g/mol. The predicted molar refractivity (Wildman–Crippen MR) is 55.7 cm³/mol. The molecule has 1 heterocycles. The van der Waals surface area contributed by atoms with Crippen LogP contribution in [0.25, 0.3) is 0 Å². The van der Waals surface area contributed by atoms with E-state index in [0.717, 1.165) is 19.5 Å². The van der Waals surface area contributed by atoms with Crippen LogP contribution in [0.1, 0.15) is 39.0 Å². The molecule has 3 nitrogen and oxygen atoms in total. The van der Waals surface area contributed by atoms with E-state index in [1.165, 1.54) is 19.3 Å². The molecule has 2 aliphatic rings. The quantitative estimate of drug-likeness (QED) is 0.719. The van der Waals surface area contributed by atoms with Gasteiger partial charge in [-0.05, 0) is 25.8 Å². The van der Waals surface area contributed by atoms with Gasteiger partial charge in [0.15, 0.2) is 0 Å². The average molecular weight is 196 g/mol. The number of nitrogens with two attached hydrogens (primary N) is 1. The molecule has 2 N–H and O–H groups in total. The normalized spacial score (nSPS) is 36.1. The first kappa shape index (κ1) is 9.97. The van der Waals surface area contributed by atoms with Crippen LogP contribution in [-0.4, -0.2) is 29.9 Å². The lowest BCUT2D eigenvalue weighted by molar-refractivity contribution is -0.132. The van der Waals surface area contributed by atoms with Gasteiger partial charge in [-0.25, -0.2) is 0 Å². The number of amides is 1. The molecular formula is C11H20N2O. The largest absolute Gasteiger partial charge is 0.339 e. The fourth-order valence-corrected chi connectivity index (χ4v) is 3.24. The Labute approximate surface area is 85.6 Å². The molecule has 1 aliphatic heterocycles. The van der Waals surface area contributed by atoms with Crippen LogP contribution in [0, 0.1) is 5.41 Å². The Morgan fingerprint density at radius 3 is 3.00 bits per heavy atom. The van der Waals surface area contributed by atoms with Gasteiger partial charge in [-0.3, -0.25) is 4.79 Å². The van der Waals surface area contributed by atoms with Gasteiger partial charge >= 0.3 is 0 Å². The number of rotatable bonds is 2. The molecule has 1 saturated carbocycles. The van der Waals surface area contributed by atoms with Crippen LogP contribution < -0.4 is 5.73 Å². The first-order valence-corrected chi connectivity index (χ1v) is 5.73. The van der Waals surface area contributed by atoms with Crippen molar-refractivity contribution >= 4 is 5.91 Å². The van der Waals surface area contributed by atoms with Crippen molar-refractivity contribution in [3.05, 3.63) is 0 Å². The van der Waals surface area contributed by atoms with Crippen molar-refractivity contribution in [1.82, 2.24) is 4.90 Å². The summed E-state index contributed by atoms with van der Waals surface area (Å²) < 4.78 is 0. The highest BCUT2D eigenvalue weighted by atomic mass is 16.2. The van der Waals surface area contributed by atoms with Crippen molar-refractivity contribution in [1.29, 1.82) is 0 Å². The molecule has 0 radical (unpaired) electrons. The molecule has 2 fully saturated rings. The fraction of sp³-hybridized carbons (Fsp3) is 0.909. The minimum Gasteiger partial charge on any atom is -0.339 e. The summed E-state index contributed by atoms with van der Waals surface area (Å²) in [6.45, 7) is 3.64. The number of hydrogen-bond acceptors (Lipinski definition) is 2. The summed E-state index contributed by atoms with van der Waals surface area (Å²) >= 11 is 0. The van der Waals surface area contributed by atoms with Crippen LogP contribution in [0.3, 0.4) is 0 Å². The third-order valence-corrected chi connectivity index (χ3v) is 4.12. The molecule has 0 bridgehead atoms. The van der Waals surface area contributed by atoms with Gasteiger partial charge in [-0.15, -0.1) is 0 Å². The number of hydrogen-bond donors (Lipinski definition) is 1. The Morgan fingerprint density at radius 1 is 1.57 bits per heavy atom. The molecule has 0 aromatic carbocycles. The number of likely N-dealkylation sites (tertiary alicyclic amines) is 1. The highest BCUT2D eigenvalue weighted by Gasteiger charge is 2.50. The Bertz CT molecular complexity index is 241. The maximum Gasteiger partial charge on any atom is 0.222 e. The molecule has 1 amide bonds. The number of fused-ring (bicyclic) bond motifs is 1. The van der Waals surface area contributed by atoms with Gasteiger partial charge in [0.1, 0.15) is 0 Å². The van der Waals surface area contributed by atoms with E-state index < -0.39 is 0 Å². The van der Waals surface area contributed by atoms with Crippen molar-refractivity contribution in [2.45, 2.75) is 45.1 Å². The van der Waals surface area contributed by atoms with Gasteiger partial charge in [0.25, 0.3) is 0 Å². The summed E-state index contributed by atoms with van der Waals surface area (Å²) in [4.78, 5) is 13.8. The highest BCUT2D eigenvalue weighted by Crippen LogP contribution is 2.48. The van der Waals surface area contributed by atoms with Crippen molar-refractivity contribution in [2.24, 2.45) is 11.1 Å². The lowest BCUT2D eigenvalue weighted by atomic mass is 9.82. The van der Waals surface area contributed by atoms with E-state index in [4.69, 9.17) is 5.73 Å². The predicted octanol–water partition coefficient (Wildman–Crippen LogP) is 1.13. The maximum atomic E-state index is 11.7. The highest BCUT2D eigenvalue weighted by molar-refractivity contribution is 5.76. The molecule has 0 spiro atoms. The van der Waals surface area contributed by atoms with Gasteiger partial charge in [0.05, 0.1) is 0 Å². The van der Waals surface area contributed by atoms with Crippen LogP contribution in [0.15, 0.2) is 0 Å². The summed E-state index contributed by atoms with van der Waals surface area (Å²) in [5.41, 5.74) is 6.16. The zero-order valence-corrected chi connectivity index (χ0v) is 8.96. The summed E-state index contributed by atoms with van der Waals surface area (Å²) in [5.74, 6) is 0.312. The molecule has 1 saturated heterocycles. The van der Waals surface area contributed by atoms with Crippen LogP contribution in [-0.2, 0) is 4.79 Å². The zero-order valence-electron chi connectivity index (χ0n) is 8.96. The average Bonchev–Trinajstić information content (AvgIpc) is 2.74. The molecule has 14 heavy (non-hydrogen) atoms. The monoisotopic (exact) mass is 196 g/mol. The van der Waals surface area contributed by atoms with Crippen LogP contribution >= 0.6 is 0 Å². The van der Waals surface area contributed by atoms with E-state index in [1.807, 2.05) is 6.92 Å². The van der Waals surface area contributed by atoms with Crippen molar-refractivity contribution in [3.8, 4) is 0 Å². The lowest BCUT2D eigenvalue weighted by Gasteiger charge is -2.31. The zero-order chi connectivity index (χ0) is 10.2. The topological polar surface area (TPSA) is 46.3 Å². The summed E-state index contributed by atoms with van der Waals surface area (Å²) in [7, 11) is 0. The second-order valence-electron chi connectivity index (χ2n) is 4.67. The van der Waals surface area contributed by atoms with Gasteiger partial charge in [0.2, 0.25) is 5.91 Å². The van der Waals surface area contributed by atoms with E-state index in [0.29, 0.717) is 18.4 Å².